The second-order valence-corrected chi connectivity index (χ2v) is 5.39. The van der Waals surface area contributed by atoms with Gasteiger partial charge in [0.1, 0.15) is 0 Å². The van der Waals surface area contributed by atoms with Crippen LogP contribution in [0.5, 0.6) is 0 Å². The fourth-order valence-corrected chi connectivity index (χ4v) is 2.41. The number of hydrogen-bond donors (Lipinski definition) is 1. The van der Waals surface area contributed by atoms with E-state index in [1.807, 2.05) is 0 Å². The molecular formula is C16H33NO2. The highest BCUT2D eigenvalue weighted by atomic mass is 16.5. The Morgan fingerprint density at radius 3 is 2.21 bits per heavy atom. The van der Waals surface area contributed by atoms with Crippen molar-refractivity contribution in [1.82, 2.24) is 5.32 Å². The lowest BCUT2D eigenvalue weighted by Gasteiger charge is -2.14. The zero-order chi connectivity index (χ0) is 14.3. The van der Waals surface area contributed by atoms with E-state index in [0.29, 0.717) is 0 Å². The van der Waals surface area contributed by atoms with Gasteiger partial charge in [0.25, 0.3) is 0 Å². The number of unbranched alkanes of at least 4 members (excludes halogenated alkanes) is 5. The SMILES string of the molecule is CCCCCCCC(CC)CCCCNC(=O)OC. The van der Waals surface area contributed by atoms with Crippen LogP contribution in [-0.2, 0) is 4.74 Å². The van der Waals surface area contributed by atoms with Crippen LogP contribution >= 0.6 is 0 Å². The van der Waals surface area contributed by atoms with Crippen molar-refractivity contribution in [2.75, 3.05) is 13.7 Å². The van der Waals surface area contributed by atoms with Gasteiger partial charge in [0, 0.05) is 6.54 Å². The van der Waals surface area contributed by atoms with Gasteiger partial charge in [-0.15, -0.1) is 0 Å². The molecule has 0 radical (unpaired) electrons. The van der Waals surface area contributed by atoms with Crippen molar-refractivity contribution in [3.8, 4) is 0 Å². The summed E-state index contributed by atoms with van der Waals surface area (Å²) in [6.45, 7) is 5.29. The molecule has 0 spiro atoms. The number of hydrogen-bond acceptors (Lipinski definition) is 2. The third-order valence-corrected chi connectivity index (χ3v) is 3.79. The molecule has 0 aliphatic heterocycles. The Bertz CT molecular complexity index is 207. The molecule has 0 aromatic carbocycles. The van der Waals surface area contributed by atoms with E-state index in [1.165, 1.54) is 64.9 Å². The predicted molar refractivity (Wildman–Crippen MR) is 81.4 cm³/mol. The standard InChI is InChI=1S/C16H33NO2/c1-4-6-7-8-9-12-15(5-2)13-10-11-14-17-16(18)19-3/h15H,4-14H2,1-3H3,(H,17,18). The molecule has 1 unspecified atom stereocenters. The number of nitrogens with one attached hydrogen (secondary N) is 1. The molecule has 0 bridgehead atoms. The van der Waals surface area contributed by atoms with Gasteiger partial charge in [-0.25, -0.2) is 4.79 Å². The summed E-state index contributed by atoms with van der Waals surface area (Å²) in [5.74, 6) is 0.875. The van der Waals surface area contributed by atoms with Gasteiger partial charge in [0.15, 0.2) is 0 Å². The third kappa shape index (κ3) is 12.1. The molecule has 0 heterocycles. The average molecular weight is 271 g/mol. The molecule has 19 heavy (non-hydrogen) atoms. The molecule has 0 rings (SSSR count). The van der Waals surface area contributed by atoms with Gasteiger partial charge in [-0.05, 0) is 12.3 Å². The molecule has 3 nitrogen and oxygen atoms in total. The summed E-state index contributed by atoms with van der Waals surface area (Å²) in [5, 5.41) is 2.73. The van der Waals surface area contributed by atoms with Gasteiger partial charge in [-0.1, -0.05) is 71.6 Å². The summed E-state index contributed by atoms with van der Waals surface area (Å²) in [6.07, 6.45) is 12.8. The molecule has 0 aliphatic carbocycles. The van der Waals surface area contributed by atoms with Gasteiger partial charge in [0.2, 0.25) is 0 Å². The smallest absolute Gasteiger partial charge is 0.406 e. The molecule has 114 valence electrons. The Labute approximate surface area is 119 Å². The van der Waals surface area contributed by atoms with Gasteiger partial charge in [-0.3, -0.25) is 0 Å². The lowest BCUT2D eigenvalue weighted by Crippen LogP contribution is -2.24. The Balaban J connectivity index is 3.41. The van der Waals surface area contributed by atoms with E-state index in [0.717, 1.165) is 18.9 Å². The van der Waals surface area contributed by atoms with E-state index in [1.54, 1.807) is 0 Å². The minimum atomic E-state index is -0.317. The highest BCUT2D eigenvalue weighted by Crippen LogP contribution is 2.20. The van der Waals surface area contributed by atoms with Crippen LogP contribution in [0.2, 0.25) is 0 Å². The molecule has 0 saturated carbocycles. The zero-order valence-corrected chi connectivity index (χ0v) is 13.2. The van der Waals surface area contributed by atoms with E-state index in [2.05, 4.69) is 23.9 Å². The lowest BCUT2D eigenvalue weighted by molar-refractivity contribution is 0.171. The fraction of sp³-hybridized carbons (Fsp3) is 0.938. The summed E-state index contributed by atoms with van der Waals surface area (Å²) in [4.78, 5) is 10.9. The van der Waals surface area contributed by atoms with E-state index < -0.39 is 0 Å². The van der Waals surface area contributed by atoms with Crippen LogP contribution in [0.4, 0.5) is 4.79 Å². The number of methoxy groups -OCH3 is 1. The van der Waals surface area contributed by atoms with E-state index in [4.69, 9.17) is 0 Å². The number of carbonyl (C=O) groups excluding carboxylic acids is 1. The first-order valence-corrected chi connectivity index (χ1v) is 8.06. The number of rotatable bonds is 12. The zero-order valence-electron chi connectivity index (χ0n) is 13.2. The quantitative estimate of drug-likeness (QED) is 0.513. The first-order valence-electron chi connectivity index (χ1n) is 8.06. The Morgan fingerprint density at radius 2 is 1.63 bits per heavy atom. The normalized spacial score (nSPS) is 12.2. The van der Waals surface area contributed by atoms with Gasteiger partial charge in [-0.2, -0.15) is 0 Å². The Morgan fingerprint density at radius 1 is 1.00 bits per heavy atom. The highest BCUT2D eigenvalue weighted by molar-refractivity contribution is 5.66. The Kier molecular flexibility index (Phi) is 13.2. The van der Waals surface area contributed by atoms with Gasteiger partial charge < -0.3 is 10.1 Å². The van der Waals surface area contributed by atoms with E-state index >= 15 is 0 Å². The lowest BCUT2D eigenvalue weighted by atomic mass is 9.93. The van der Waals surface area contributed by atoms with Crippen LogP contribution < -0.4 is 5.32 Å². The van der Waals surface area contributed by atoms with Crippen LogP contribution in [-0.4, -0.2) is 19.7 Å². The van der Waals surface area contributed by atoms with Crippen LogP contribution in [0.3, 0.4) is 0 Å². The molecule has 0 aromatic rings. The minimum Gasteiger partial charge on any atom is -0.453 e. The summed E-state index contributed by atoms with van der Waals surface area (Å²) in [7, 11) is 1.40. The van der Waals surface area contributed by atoms with Crippen molar-refractivity contribution in [3.63, 3.8) is 0 Å². The largest absolute Gasteiger partial charge is 0.453 e. The van der Waals surface area contributed by atoms with E-state index in [-0.39, 0.29) is 6.09 Å². The van der Waals surface area contributed by atoms with Gasteiger partial charge >= 0.3 is 6.09 Å². The molecule has 3 heteroatoms. The van der Waals surface area contributed by atoms with Crippen molar-refractivity contribution in [2.45, 2.75) is 78.1 Å². The average Bonchev–Trinajstić information content (AvgIpc) is 2.44. The summed E-state index contributed by atoms with van der Waals surface area (Å²) in [6, 6.07) is 0. The molecule has 1 amide bonds. The first kappa shape index (κ1) is 18.3. The van der Waals surface area contributed by atoms with Crippen LogP contribution in [0.15, 0.2) is 0 Å². The number of carbonyl (C=O) groups is 1. The van der Waals surface area contributed by atoms with Crippen LogP contribution in [0.1, 0.15) is 78.1 Å². The van der Waals surface area contributed by atoms with Crippen molar-refractivity contribution >= 4 is 6.09 Å². The predicted octanol–water partition coefficient (Wildman–Crippen LogP) is 4.90. The molecule has 1 N–H and O–H groups in total. The fourth-order valence-electron chi connectivity index (χ4n) is 2.41. The monoisotopic (exact) mass is 271 g/mol. The third-order valence-electron chi connectivity index (χ3n) is 3.79. The van der Waals surface area contributed by atoms with Crippen molar-refractivity contribution in [1.29, 1.82) is 0 Å². The molecule has 1 atom stereocenters. The summed E-state index contributed by atoms with van der Waals surface area (Å²) < 4.78 is 4.53. The minimum absolute atomic E-state index is 0.317. The highest BCUT2D eigenvalue weighted by Gasteiger charge is 2.06. The first-order chi connectivity index (χ1) is 9.24. The number of ether oxygens (including phenoxy) is 1. The molecular weight excluding hydrogens is 238 g/mol. The second-order valence-electron chi connectivity index (χ2n) is 5.39. The van der Waals surface area contributed by atoms with Crippen molar-refractivity contribution in [2.24, 2.45) is 5.92 Å². The van der Waals surface area contributed by atoms with Crippen molar-refractivity contribution < 1.29 is 9.53 Å². The topological polar surface area (TPSA) is 38.3 Å². The molecule has 0 saturated heterocycles. The molecule has 0 aliphatic rings. The number of alkyl carbamates (subject to hydrolysis) is 1. The summed E-state index contributed by atoms with van der Waals surface area (Å²) >= 11 is 0. The van der Waals surface area contributed by atoms with Gasteiger partial charge in [0.05, 0.1) is 7.11 Å². The Hall–Kier alpha value is -0.730. The second kappa shape index (κ2) is 13.7. The number of amides is 1. The van der Waals surface area contributed by atoms with Crippen molar-refractivity contribution in [3.05, 3.63) is 0 Å². The van der Waals surface area contributed by atoms with Crippen LogP contribution in [0, 0.1) is 5.92 Å². The van der Waals surface area contributed by atoms with E-state index in [9.17, 15) is 4.79 Å². The summed E-state index contributed by atoms with van der Waals surface area (Å²) in [5.41, 5.74) is 0. The van der Waals surface area contributed by atoms with Crippen LogP contribution in [0.25, 0.3) is 0 Å². The maximum absolute atomic E-state index is 10.9. The maximum Gasteiger partial charge on any atom is 0.406 e. The molecule has 0 fully saturated rings. The molecule has 0 aromatic heterocycles. The maximum atomic E-state index is 10.9.